The molecule has 31 heavy (non-hydrogen) atoms. The Balaban J connectivity index is 1.76. The number of aliphatic imine (C=N–C) groups is 1. The molecule has 1 aliphatic rings. The molecule has 1 saturated heterocycles. The minimum Gasteiger partial charge on any atom is -0.406 e. The lowest BCUT2D eigenvalue weighted by atomic mass is 10.0. The summed E-state index contributed by atoms with van der Waals surface area (Å²) in [7, 11) is 0. The molecule has 1 aromatic carbocycles. The summed E-state index contributed by atoms with van der Waals surface area (Å²) in [5.41, 5.74) is 0.801. The van der Waals surface area contributed by atoms with Crippen molar-refractivity contribution in [3.8, 4) is 5.75 Å². The number of hydrogen-bond acceptors (Lipinski definition) is 5. The molecule has 1 aliphatic heterocycles. The molecule has 0 radical (unpaired) electrons. The fourth-order valence-electron chi connectivity index (χ4n) is 3.08. The van der Waals surface area contributed by atoms with Crippen LogP contribution in [0, 0.1) is 5.92 Å². The maximum absolute atomic E-state index is 12.3. The summed E-state index contributed by atoms with van der Waals surface area (Å²) in [4.78, 5) is 4.52. The number of benzene rings is 1. The first-order chi connectivity index (χ1) is 14.9. The van der Waals surface area contributed by atoms with Crippen molar-refractivity contribution in [2.45, 2.75) is 38.7 Å². The van der Waals surface area contributed by atoms with Gasteiger partial charge in [0.1, 0.15) is 5.75 Å². The second kappa shape index (κ2) is 13.4. The fraction of sp³-hybridized carbons (Fsp3) is 0.667. The van der Waals surface area contributed by atoms with Crippen molar-refractivity contribution in [2.75, 3.05) is 46.1 Å². The first-order valence-electron chi connectivity index (χ1n) is 10.6. The van der Waals surface area contributed by atoms with Crippen molar-refractivity contribution < 1.29 is 32.5 Å². The van der Waals surface area contributed by atoms with Crippen LogP contribution < -0.4 is 15.4 Å². The molecule has 2 unspecified atom stereocenters. The Morgan fingerprint density at radius 3 is 2.68 bits per heavy atom. The second-order valence-electron chi connectivity index (χ2n) is 7.30. The van der Waals surface area contributed by atoms with Crippen LogP contribution in [0.2, 0.25) is 0 Å². The van der Waals surface area contributed by atoms with Crippen molar-refractivity contribution in [1.82, 2.24) is 10.6 Å². The Morgan fingerprint density at radius 1 is 1.29 bits per heavy atom. The van der Waals surface area contributed by atoms with E-state index in [2.05, 4.69) is 20.4 Å². The van der Waals surface area contributed by atoms with E-state index >= 15 is 0 Å². The predicted octanol–water partition coefficient (Wildman–Crippen LogP) is 2.49. The normalized spacial score (nSPS) is 18.1. The Hall–Kier alpha value is -2.04. The number of rotatable bonds is 12. The van der Waals surface area contributed by atoms with Crippen LogP contribution in [0.3, 0.4) is 0 Å². The van der Waals surface area contributed by atoms with Gasteiger partial charge >= 0.3 is 6.36 Å². The van der Waals surface area contributed by atoms with Gasteiger partial charge in [0.2, 0.25) is 0 Å². The maximum Gasteiger partial charge on any atom is 0.573 e. The average Bonchev–Trinajstić information content (AvgIpc) is 3.24. The third-order valence-corrected chi connectivity index (χ3v) is 4.65. The standard InChI is InChI=1S/C21H32F3N3O4/c1-2-25-20(26-9-3-10-30-19-8-11-29-15-19)27-13-17(14-28)12-16-4-6-18(7-5-16)31-21(22,23)24/h4-7,17,19,28H,2-3,8-15H2,1H3,(H2,25,26,27). The highest BCUT2D eigenvalue weighted by molar-refractivity contribution is 5.79. The van der Waals surface area contributed by atoms with Crippen LogP contribution in [0.1, 0.15) is 25.3 Å². The Labute approximate surface area is 181 Å². The molecule has 7 nitrogen and oxygen atoms in total. The topological polar surface area (TPSA) is 84.3 Å². The number of hydrogen-bond donors (Lipinski definition) is 3. The minimum atomic E-state index is -4.71. The zero-order chi connectivity index (χ0) is 22.5. The summed E-state index contributed by atoms with van der Waals surface area (Å²) in [5.74, 6) is 0.229. The highest BCUT2D eigenvalue weighted by atomic mass is 19.4. The van der Waals surface area contributed by atoms with Crippen LogP contribution in [-0.2, 0) is 15.9 Å². The molecular formula is C21H32F3N3O4. The quantitative estimate of drug-likeness (QED) is 0.259. The molecule has 1 fully saturated rings. The summed E-state index contributed by atoms with van der Waals surface area (Å²) in [6.07, 6.45) is -2.25. The number of ether oxygens (including phenoxy) is 3. The van der Waals surface area contributed by atoms with E-state index in [0.717, 1.165) is 25.0 Å². The Kier molecular flexibility index (Phi) is 10.9. The van der Waals surface area contributed by atoms with Gasteiger partial charge in [-0.05, 0) is 43.9 Å². The van der Waals surface area contributed by atoms with E-state index in [0.29, 0.717) is 45.2 Å². The van der Waals surface area contributed by atoms with Gasteiger partial charge in [-0.1, -0.05) is 12.1 Å². The first-order valence-corrected chi connectivity index (χ1v) is 10.6. The third kappa shape index (κ3) is 10.7. The van der Waals surface area contributed by atoms with Gasteiger partial charge in [0.15, 0.2) is 5.96 Å². The molecule has 0 aliphatic carbocycles. The van der Waals surface area contributed by atoms with Gasteiger partial charge in [-0.2, -0.15) is 0 Å². The van der Waals surface area contributed by atoms with Crippen molar-refractivity contribution in [3.63, 3.8) is 0 Å². The summed E-state index contributed by atoms with van der Waals surface area (Å²) in [6, 6.07) is 5.66. The van der Waals surface area contributed by atoms with Crippen LogP contribution >= 0.6 is 0 Å². The second-order valence-corrected chi connectivity index (χ2v) is 7.30. The summed E-state index contributed by atoms with van der Waals surface area (Å²) in [5, 5.41) is 16.1. The van der Waals surface area contributed by atoms with E-state index in [9.17, 15) is 18.3 Å². The van der Waals surface area contributed by atoms with E-state index in [1.807, 2.05) is 6.92 Å². The van der Waals surface area contributed by atoms with E-state index < -0.39 is 6.36 Å². The Morgan fingerprint density at radius 2 is 2.06 bits per heavy atom. The van der Waals surface area contributed by atoms with Crippen LogP contribution in [0.5, 0.6) is 5.75 Å². The van der Waals surface area contributed by atoms with Crippen molar-refractivity contribution in [1.29, 1.82) is 0 Å². The van der Waals surface area contributed by atoms with Gasteiger partial charge in [0.25, 0.3) is 0 Å². The highest BCUT2D eigenvalue weighted by Crippen LogP contribution is 2.23. The molecule has 1 aromatic rings. The molecule has 10 heteroatoms. The molecule has 2 rings (SSSR count). The van der Waals surface area contributed by atoms with E-state index in [1.54, 1.807) is 12.1 Å². The molecule has 3 N–H and O–H groups in total. The number of halogens is 3. The molecule has 0 bridgehead atoms. The van der Waals surface area contributed by atoms with Gasteiger partial charge in [0.05, 0.1) is 12.7 Å². The van der Waals surface area contributed by atoms with E-state index in [4.69, 9.17) is 9.47 Å². The van der Waals surface area contributed by atoms with Gasteiger partial charge in [0, 0.05) is 45.4 Å². The lowest BCUT2D eigenvalue weighted by molar-refractivity contribution is -0.274. The zero-order valence-corrected chi connectivity index (χ0v) is 17.8. The van der Waals surface area contributed by atoms with Gasteiger partial charge in [-0.25, -0.2) is 0 Å². The van der Waals surface area contributed by atoms with Crippen LogP contribution in [0.25, 0.3) is 0 Å². The van der Waals surface area contributed by atoms with Crippen molar-refractivity contribution in [2.24, 2.45) is 10.9 Å². The summed E-state index contributed by atoms with van der Waals surface area (Å²) < 4.78 is 51.6. The largest absolute Gasteiger partial charge is 0.573 e. The molecule has 1 heterocycles. The van der Waals surface area contributed by atoms with Gasteiger partial charge in [-0.3, -0.25) is 4.99 Å². The first kappa shape index (κ1) is 25.2. The molecular weight excluding hydrogens is 415 g/mol. The SMILES string of the molecule is CCNC(=NCC(CO)Cc1ccc(OC(F)(F)F)cc1)NCCCOC1CCOC1. The molecule has 0 spiro atoms. The zero-order valence-electron chi connectivity index (χ0n) is 17.8. The third-order valence-electron chi connectivity index (χ3n) is 4.65. The number of aliphatic hydroxyl groups is 1. The van der Waals surface area contributed by atoms with Crippen LogP contribution in [0.15, 0.2) is 29.3 Å². The maximum atomic E-state index is 12.3. The van der Waals surface area contributed by atoms with E-state index in [1.165, 1.54) is 12.1 Å². The molecule has 2 atom stereocenters. The molecule has 0 aromatic heterocycles. The molecule has 0 amide bonds. The lowest BCUT2D eigenvalue weighted by Crippen LogP contribution is -2.38. The number of nitrogens with zero attached hydrogens (tertiary/aromatic N) is 1. The van der Waals surface area contributed by atoms with Crippen LogP contribution in [-0.4, -0.2) is 69.6 Å². The molecule has 0 saturated carbocycles. The summed E-state index contributed by atoms with van der Waals surface area (Å²) >= 11 is 0. The summed E-state index contributed by atoms with van der Waals surface area (Å²) in [6.45, 7) is 5.73. The average molecular weight is 447 g/mol. The van der Waals surface area contributed by atoms with Crippen LogP contribution in [0.4, 0.5) is 13.2 Å². The van der Waals surface area contributed by atoms with Gasteiger partial charge in [-0.15, -0.1) is 13.2 Å². The smallest absolute Gasteiger partial charge is 0.406 e. The van der Waals surface area contributed by atoms with Crippen molar-refractivity contribution in [3.05, 3.63) is 29.8 Å². The molecule has 176 valence electrons. The van der Waals surface area contributed by atoms with Crippen molar-refractivity contribution >= 4 is 5.96 Å². The van der Waals surface area contributed by atoms with E-state index in [-0.39, 0.29) is 24.4 Å². The fourth-order valence-corrected chi connectivity index (χ4v) is 3.08. The Bertz CT molecular complexity index is 650. The minimum absolute atomic E-state index is 0.0823. The number of alkyl halides is 3. The predicted molar refractivity (Wildman–Crippen MR) is 111 cm³/mol. The number of guanidine groups is 1. The van der Waals surface area contributed by atoms with Gasteiger partial charge < -0.3 is 30.0 Å². The lowest BCUT2D eigenvalue weighted by Gasteiger charge is -2.16. The monoisotopic (exact) mass is 447 g/mol. The highest BCUT2D eigenvalue weighted by Gasteiger charge is 2.31. The number of aliphatic hydroxyl groups excluding tert-OH is 1. The number of nitrogens with one attached hydrogen (secondary N) is 2.